The van der Waals surface area contributed by atoms with Crippen LogP contribution in [-0.2, 0) is 0 Å². The Morgan fingerprint density at radius 1 is 0.944 bits per heavy atom. The van der Waals surface area contributed by atoms with Crippen LogP contribution in [0.15, 0.2) is 34.8 Å². The molecule has 94 valence electrons. The molecule has 0 spiro atoms. The minimum atomic E-state index is 0.793. The van der Waals surface area contributed by atoms with E-state index in [1.54, 1.807) is 0 Å². The van der Waals surface area contributed by atoms with E-state index in [1.165, 1.54) is 15.6 Å². The molecule has 0 amide bonds. The fraction of sp³-hybridized carbons (Fsp3) is 0.200. The normalized spacial score (nSPS) is 10.4. The molecule has 2 aromatic rings. The quantitative estimate of drug-likeness (QED) is 0.789. The Balaban J connectivity index is 2.34. The molecule has 0 saturated carbocycles. The lowest BCUT2D eigenvalue weighted by Gasteiger charge is -2.13. The molecule has 0 heterocycles. The van der Waals surface area contributed by atoms with Crippen molar-refractivity contribution in [3.05, 3.63) is 51.5 Å². The summed E-state index contributed by atoms with van der Waals surface area (Å²) in [7, 11) is 0. The maximum atomic E-state index is 5.76. The molecule has 0 bridgehead atoms. The molecule has 2 rings (SSSR count). The molecule has 2 nitrogen and oxygen atoms in total. The fourth-order valence-corrected chi connectivity index (χ4v) is 2.23. The average Bonchev–Trinajstić information content (AvgIpc) is 2.29. The number of hydrogen-bond acceptors (Lipinski definition) is 2. The van der Waals surface area contributed by atoms with Gasteiger partial charge in [0, 0.05) is 21.5 Å². The zero-order valence-electron chi connectivity index (χ0n) is 10.8. The minimum absolute atomic E-state index is 0.793. The van der Waals surface area contributed by atoms with Gasteiger partial charge in [-0.1, -0.05) is 15.9 Å². The second-order valence-corrected chi connectivity index (χ2v) is 5.42. The van der Waals surface area contributed by atoms with Crippen molar-refractivity contribution in [2.45, 2.75) is 20.8 Å². The summed E-state index contributed by atoms with van der Waals surface area (Å²) in [6.07, 6.45) is 0. The third-order valence-corrected chi connectivity index (χ3v) is 4.22. The lowest BCUT2D eigenvalue weighted by molar-refractivity contribution is 1.33. The van der Waals surface area contributed by atoms with E-state index in [4.69, 9.17) is 5.73 Å². The topological polar surface area (TPSA) is 38.0 Å². The maximum absolute atomic E-state index is 5.76. The maximum Gasteiger partial charge on any atom is 0.0415 e. The first kappa shape index (κ1) is 13.0. The monoisotopic (exact) mass is 304 g/mol. The van der Waals surface area contributed by atoms with Gasteiger partial charge in [0.05, 0.1) is 0 Å². The molecule has 0 aliphatic rings. The molecule has 3 N–H and O–H groups in total. The molecule has 3 heteroatoms. The summed E-state index contributed by atoms with van der Waals surface area (Å²) in [6, 6.07) is 10.2. The number of benzene rings is 2. The van der Waals surface area contributed by atoms with Crippen LogP contribution in [0.4, 0.5) is 17.1 Å². The van der Waals surface area contributed by atoms with Gasteiger partial charge in [-0.2, -0.15) is 0 Å². The van der Waals surface area contributed by atoms with E-state index in [-0.39, 0.29) is 0 Å². The molecule has 0 aliphatic carbocycles. The van der Waals surface area contributed by atoms with E-state index in [9.17, 15) is 0 Å². The molecule has 0 aliphatic heterocycles. The summed E-state index contributed by atoms with van der Waals surface area (Å²) in [4.78, 5) is 0. The number of anilines is 3. The highest BCUT2D eigenvalue weighted by Crippen LogP contribution is 2.28. The molecular formula is C15H17BrN2. The fourth-order valence-electron chi connectivity index (χ4n) is 2.00. The SMILES string of the molecule is Cc1cc(N)ccc1Nc1cc(C)c(Br)c(C)c1. The first-order chi connectivity index (χ1) is 8.47. The lowest BCUT2D eigenvalue weighted by Crippen LogP contribution is -1.96. The van der Waals surface area contributed by atoms with E-state index >= 15 is 0 Å². The summed E-state index contributed by atoms with van der Waals surface area (Å²) in [6.45, 7) is 6.24. The van der Waals surface area contributed by atoms with Crippen molar-refractivity contribution in [3.63, 3.8) is 0 Å². The van der Waals surface area contributed by atoms with E-state index in [2.05, 4.69) is 54.2 Å². The Hall–Kier alpha value is -1.48. The molecular weight excluding hydrogens is 288 g/mol. The van der Waals surface area contributed by atoms with Crippen molar-refractivity contribution < 1.29 is 0 Å². The van der Waals surface area contributed by atoms with Gasteiger partial charge in [-0.05, 0) is 67.8 Å². The van der Waals surface area contributed by atoms with Crippen molar-refractivity contribution >= 4 is 33.0 Å². The first-order valence-electron chi connectivity index (χ1n) is 5.87. The molecule has 0 fully saturated rings. The molecule has 0 aromatic heterocycles. The first-order valence-corrected chi connectivity index (χ1v) is 6.66. The van der Waals surface area contributed by atoms with Gasteiger partial charge in [-0.15, -0.1) is 0 Å². The van der Waals surface area contributed by atoms with Crippen LogP contribution in [0.1, 0.15) is 16.7 Å². The third kappa shape index (κ3) is 2.67. The Morgan fingerprint density at radius 3 is 2.11 bits per heavy atom. The van der Waals surface area contributed by atoms with Crippen molar-refractivity contribution in [2.24, 2.45) is 0 Å². The van der Waals surface area contributed by atoms with E-state index < -0.39 is 0 Å². The van der Waals surface area contributed by atoms with Gasteiger partial charge in [0.15, 0.2) is 0 Å². The number of halogens is 1. The zero-order chi connectivity index (χ0) is 13.3. The number of rotatable bonds is 2. The van der Waals surface area contributed by atoms with Crippen LogP contribution in [0.25, 0.3) is 0 Å². The Morgan fingerprint density at radius 2 is 1.56 bits per heavy atom. The third-order valence-electron chi connectivity index (χ3n) is 2.97. The second kappa shape index (κ2) is 5.02. The highest BCUT2D eigenvalue weighted by molar-refractivity contribution is 9.10. The highest BCUT2D eigenvalue weighted by Gasteiger charge is 2.04. The van der Waals surface area contributed by atoms with E-state index in [0.29, 0.717) is 0 Å². The minimum Gasteiger partial charge on any atom is -0.399 e. The number of nitrogens with one attached hydrogen (secondary N) is 1. The highest BCUT2D eigenvalue weighted by atomic mass is 79.9. The zero-order valence-corrected chi connectivity index (χ0v) is 12.4. The van der Waals surface area contributed by atoms with Crippen LogP contribution in [0.2, 0.25) is 0 Å². The van der Waals surface area contributed by atoms with Gasteiger partial charge < -0.3 is 11.1 Å². The molecule has 0 radical (unpaired) electrons. The molecule has 18 heavy (non-hydrogen) atoms. The van der Waals surface area contributed by atoms with Crippen molar-refractivity contribution in [1.29, 1.82) is 0 Å². The van der Waals surface area contributed by atoms with Crippen LogP contribution in [0.5, 0.6) is 0 Å². The summed E-state index contributed by atoms with van der Waals surface area (Å²) < 4.78 is 1.17. The summed E-state index contributed by atoms with van der Waals surface area (Å²) in [5.74, 6) is 0. The Kier molecular flexibility index (Phi) is 3.62. The van der Waals surface area contributed by atoms with Crippen LogP contribution >= 0.6 is 15.9 Å². The predicted octanol–water partition coefficient (Wildman–Crippen LogP) is 4.70. The largest absolute Gasteiger partial charge is 0.399 e. The van der Waals surface area contributed by atoms with Crippen LogP contribution in [-0.4, -0.2) is 0 Å². The lowest BCUT2D eigenvalue weighted by atomic mass is 10.1. The van der Waals surface area contributed by atoms with Crippen molar-refractivity contribution in [1.82, 2.24) is 0 Å². The van der Waals surface area contributed by atoms with Crippen LogP contribution in [0.3, 0.4) is 0 Å². The molecule has 2 aromatic carbocycles. The molecule has 0 atom stereocenters. The summed E-state index contributed by atoms with van der Waals surface area (Å²) in [5.41, 5.74) is 12.3. The number of nitrogens with two attached hydrogens (primary N) is 1. The Labute approximate surface area is 116 Å². The van der Waals surface area contributed by atoms with Crippen molar-refractivity contribution in [3.8, 4) is 0 Å². The molecule has 0 unspecified atom stereocenters. The van der Waals surface area contributed by atoms with Crippen LogP contribution in [0, 0.1) is 20.8 Å². The van der Waals surface area contributed by atoms with E-state index in [0.717, 1.165) is 22.6 Å². The van der Waals surface area contributed by atoms with E-state index in [1.807, 2.05) is 18.2 Å². The second-order valence-electron chi connectivity index (χ2n) is 4.62. The number of hydrogen-bond donors (Lipinski definition) is 2. The smallest absolute Gasteiger partial charge is 0.0415 e. The summed E-state index contributed by atoms with van der Waals surface area (Å²) in [5, 5.41) is 3.43. The average molecular weight is 305 g/mol. The molecule has 0 saturated heterocycles. The number of aryl methyl sites for hydroxylation is 3. The standard InChI is InChI=1S/C15H17BrN2/c1-9-6-12(17)4-5-14(9)18-13-7-10(2)15(16)11(3)8-13/h4-8,18H,17H2,1-3H3. The van der Waals surface area contributed by atoms with Gasteiger partial charge in [0.1, 0.15) is 0 Å². The van der Waals surface area contributed by atoms with Gasteiger partial charge in [-0.3, -0.25) is 0 Å². The van der Waals surface area contributed by atoms with Crippen molar-refractivity contribution in [2.75, 3.05) is 11.1 Å². The number of nitrogen functional groups attached to an aromatic ring is 1. The summed E-state index contributed by atoms with van der Waals surface area (Å²) >= 11 is 3.58. The predicted molar refractivity (Wildman–Crippen MR) is 82.5 cm³/mol. The van der Waals surface area contributed by atoms with Gasteiger partial charge in [0.25, 0.3) is 0 Å². The van der Waals surface area contributed by atoms with Gasteiger partial charge in [-0.25, -0.2) is 0 Å². The van der Waals surface area contributed by atoms with Crippen LogP contribution < -0.4 is 11.1 Å². The Bertz CT molecular complexity index is 568. The van der Waals surface area contributed by atoms with Gasteiger partial charge >= 0.3 is 0 Å². The van der Waals surface area contributed by atoms with Gasteiger partial charge in [0.2, 0.25) is 0 Å².